The fourth-order valence-corrected chi connectivity index (χ4v) is 1.29. The predicted octanol–water partition coefficient (Wildman–Crippen LogP) is 1.81. The van der Waals surface area contributed by atoms with Crippen LogP contribution in [0.25, 0.3) is 0 Å². The molecule has 13 heavy (non-hydrogen) atoms. The molecule has 0 aromatic heterocycles. The SMILES string of the molecule is C[C@H](O)CNCc1cccc(Cl)c1. The summed E-state index contributed by atoms with van der Waals surface area (Å²) in [6.07, 6.45) is -0.306. The van der Waals surface area contributed by atoms with E-state index < -0.39 is 0 Å². The van der Waals surface area contributed by atoms with Crippen molar-refractivity contribution in [3.63, 3.8) is 0 Å². The third-order valence-corrected chi connectivity index (χ3v) is 1.89. The molecule has 0 aliphatic heterocycles. The number of benzene rings is 1. The van der Waals surface area contributed by atoms with Gasteiger partial charge in [-0.2, -0.15) is 0 Å². The van der Waals surface area contributed by atoms with Gasteiger partial charge in [-0.15, -0.1) is 0 Å². The fourth-order valence-electron chi connectivity index (χ4n) is 1.07. The minimum atomic E-state index is -0.306. The van der Waals surface area contributed by atoms with E-state index in [9.17, 15) is 0 Å². The molecule has 0 fully saturated rings. The number of aliphatic hydroxyl groups excluding tert-OH is 1. The van der Waals surface area contributed by atoms with Crippen LogP contribution in [-0.2, 0) is 6.54 Å². The van der Waals surface area contributed by atoms with Crippen LogP contribution in [0, 0.1) is 0 Å². The van der Waals surface area contributed by atoms with Gasteiger partial charge in [0.25, 0.3) is 0 Å². The molecule has 0 heterocycles. The zero-order valence-electron chi connectivity index (χ0n) is 7.63. The van der Waals surface area contributed by atoms with E-state index in [0.717, 1.165) is 17.1 Å². The van der Waals surface area contributed by atoms with Gasteiger partial charge in [0.05, 0.1) is 6.10 Å². The quantitative estimate of drug-likeness (QED) is 0.776. The zero-order valence-corrected chi connectivity index (χ0v) is 8.38. The van der Waals surface area contributed by atoms with E-state index >= 15 is 0 Å². The molecular formula is C10H14ClNO. The number of halogens is 1. The van der Waals surface area contributed by atoms with E-state index in [-0.39, 0.29) is 6.10 Å². The molecule has 2 N–H and O–H groups in total. The highest BCUT2D eigenvalue weighted by Gasteiger charge is 1.96. The molecule has 3 heteroatoms. The summed E-state index contributed by atoms with van der Waals surface area (Å²) in [6, 6.07) is 7.68. The molecule has 0 saturated carbocycles. The Hall–Kier alpha value is -0.570. The minimum Gasteiger partial charge on any atom is -0.392 e. The summed E-state index contributed by atoms with van der Waals surface area (Å²) < 4.78 is 0. The lowest BCUT2D eigenvalue weighted by molar-refractivity contribution is 0.191. The number of hydrogen-bond acceptors (Lipinski definition) is 2. The molecule has 1 aromatic rings. The first-order valence-electron chi connectivity index (χ1n) is 4.31. The second-order valence-electron chi connectivity index (χ2n) is 3.11. The summed E-state index contributed by atoms with van der Waals surface area (Å²) in [4.78, 5) is 0. The molecule has 72 valence electrons. The first-order valence-corrected chi connectivity index (χ1v) is 4.69. The zero-order chi connectivity index (χ0) is 9.68. The maximum Gasteiger partial charge on any atom is 0.0636 e. The monoisotopic (exact) mass is 199 g/mol. The average Bonchev–Trinajstić information content (AvgIpc) is 2.03. The second kappa shape index (κ2) is 5.22. The first-order chi connectivity index (χ1) is 6.18. The molecule has 0 aliphatic carbocycles. The Bertz CT molecular complexity index is 263. The molecule has 1 atom stereocenters. The van der Waals surface area contributed by atoms with Gasteiger partial charge < -0.3 is 10.4 Å². The average molecular weight is 200 g/mol. The summed E-state index contributed by atoms with van der Waals surface area (Å²) in [5.74, 6) is 0. The molecule has 0 saturated heterocycles. The summed E-state index contributed by atoms with van der Waals surface area (Å²) in [6.45, 7) is 3.10. The van der Waals surface area contributed by atoms with E-state index in [1.807, 2.05) is 24.3 Å². The van der Waals surface area contributed by atoms with E-state index in [0.29, 0.717) is 6.54 Å². The lowest BCUT2D eigenvalue weighted by atomic mass is 10.2. The smallest absolute Gasteiger partial charge is 0.0636 e. The fraction of sp³-hybridized carbons (Fsp3) is 0.400. The Kier molecular flexibility index (Phi) is 4.22. The maximum absolute atomic E-state index is 9.00. The standard InChI is InChI=1S/C10H14ClNO/c1-8(13)6-12-7-9-3-2-4-10(11)5-9/h2-5,8,12-13H,6-7H2,1H3/t8-/m0/s1. The third kappa shape index (κ3) is 4.27. The Morgan fingerprint density at radius 2 is 2.31 bits per heavy atom. The van der Waals surface area contributed by atoms with Gasteiger partial charge in [-0.25, -0.2) is 0 Å². The van der Waals surface area contributed by atoms with Crippen LogP contribution in [0.1, 0.15) is 12.5 Å². The van der Waals surface area contributed by atoms with Gasteiger partial charge in [0.2, 0.25) is 0 Å². The highest BCUT2D eigenvalue weighted by molar-refractivity contribution is 6.30. The van der Waals surface area contributed by atoms with E-state index in [1.54, 1.807) is 6.92 Å². The molecule has 1 rings (SSSR count). The molecule has 0 bridgehead atoms. The second-order valence-corrected chi connectivity index (χ2v) is 3.55. The van der Waals surface area contributed by atoms with Gasteiger partial charge in [0, 0.05) is 18.1 Å². The maximum atomic E-state index is 9.00. The van der Waals surface area contributed by atoms with Crippen LogP contribution in [0.4, 0.5) is 0 Å². The van der Waals surface area contributed by atoms with E-state index in [2.05, 4.69) is 5.32 Å². The lowest BCUT2D eigenvalue weighted by Gasteiger charge is -2.06. The van der Waals surface area contributed by atoms with Crippen LogP contribution in [0.3, 0.4) is 0 Å². The van der Waals surface area contributed by atoms with Crippen LogP contribution in [0.5, 0.6) is 0 Å². The van der Waals surface area contributed by atoms with Gasteiger partial charge in [0.15, 0.2) is 0 Å². The van der Waals surface area contributed by atoms with Gasteiger partial charge >= 0.3 is 0 Å². The van der Waals surface area contributed by atoms with Gasteiger partial charge in [-0.1, -0.05) is 23.7 Å². The van der Waals surface area contributed by atoms with E-state index in [4.69, 9.17) is 16.7 Å². The van der Waals surface area contributed by atoms with Crippen molar-refractivity contribution in [2.45, 2.75) is 19.6 Å². The molecule has 0 spiro atoms. The number of hydrogen-bond donors (Lipinski definition) is 2. The molecule has 0 aliphatic rings. The molecule has 1 aromatic carbocycles. The van der Waals surface area contributed by atoms with Crippen LogP contribution < -0.4 is 5.32 Å². The van der Waals surface area contributed by atoms with E-state index in [1.165, 1.54) is 0 Å². The Morgan fingerprint density at radius 3 is 2.92 bits per heavy atom. The summed E-state index contributed by atoms with van der Waals surface area (Å²) in [5, 5.41) is 12.9. The van der Waals surface area contributed by atoms with Gasteiger partial charge in [0.1, 0.15) is 0 Å². The Morgan fingerprint density at radius 1 is 1.54 bits per heavy atom. The van der Waals surface area contributed by atoms with Crippen molar-refractivity contribution in [1.29, 1.82) is 0 Å². The predicted molar refractivity (Wildman–Crippen MR) is 54.8 cm³/mol. The number of aliphatic hydroxyl groups is 1. The Labute approximate surface area is 83.5 Å². The minimum absolute atomic E-state index is 0.306. The van der Waals surface area contributed by atoms with Crippen molar-refractivity contribution in [3.05, 3.63) is 34.9 Å². The number of nitrogens with one attached hydrogen (secondary N) is 1. The van der Waals surface area contributed by atoms with Crippen molar-refractivity contribution in [2.24, 2.45) is 0 Å². The molecule has 0 radical (unpaired) electrons. The normalized spacial score (nSPS) is 12.8. The first kappa shape index (κ1) is 10.5. The van der Waals surface area contributed by atoms with Gasteiger partial charge in [-0.05, 0) is 24.6 Å². The van der Waals surface area contributed by atoms with Crippen LogP contribution in [0.2, 0.25) is 5.02 Å². The summed E-state index contributed by atoms with van der Waals surface area (Å²) in [7, 11) is 0. The van der Waals surface area contributed by atoms with Crippen LogP contribution in [0.15, 0.2) is 24.3 Å². The number of rotatable bonds is 4. The molecule has 2 nitrogen and oxygen atoms in total. The van der Waals surface area contributed by atoms with Gasteiger partial charge in [-0.3, -0.25) is 0 Å². The molecular weight excluding hydrogens is 186 g/mol. The van der Waals surface area contributed by atoms with Crippen LogP contribution in [-0.4, -0.2) is 17.8 Å². The van der Waals surface area contributed by atoms with Crippen molar-refractivity contribution in [1.82, 2.24) is 5.32 Å². The molecule has 0 amide bonds. The summed E-state index contributed by atoms with van der Waals surface area (Å²) >= 11 is 5.81. The largest absolute Gasteiger partial charge is 0.392 e. The van der Waals surface area contributed by atoms with Crippen molar-refractivity contribution < 1.29 is 5.11 Å². The topological polar surface area (TPSA) is 32.3 Å². The van der Waals surface area contributed by atoms with Crippen molar-refractivity contribution >= 4 is 11.6 Å². The Balaban J connectivity index is 2.37. The highest BCUT2D eigenvalue weighted by Crippen LogP contribution is 2.09. The lowest BCUT2D eigenvalue weighted by Crippen LogP contribution is -2.23. The van der Waals surface area contributed by atoms with Crippen LogP contribution >= 0.6 is 11.6 Å². The summed E-state index contributed by atoms with van der Waals surface area (Å²) in [5.41, 5.74) is 1.13. The van der Waals surface area contributed by atoms with Crippen molar-refractivity contribution in [2.75, 3.05) is 6.54 Å². The highest BCUT2D eigenvalue weighted by atomic mass is 35.5. The van der Waals surface area contributed by atoms with Crippen molar-refractivity contribution in [3.8, 4) is 0 Å². The third-order valence-electron chi connectivity index (χ3n) is 1.66. The molecule has 0 unspecified atom stereocenters.